The molecule has 1 aromatic carbocycles. The molecule has 0 radical (unpaired) electrons. The van der Waals surface area contributed by atoms with E-state index in [9.17, 15) is 4.79 Å². The monoisotopic (exact) mass is 494 g/mol. The van der Waals surface area contributed by atoms with Crippen LogP contribution < -0.4 is 10.1 Å². The van der Waals surface area contributed by atoms with Gasteiger partial charge in [-0.2, -0.15) is 0 Å². The molecular weight excluding hydrogens is 460 g/mol. The van der Waals surface area contributed by atoms with Gasteiger partial charge in [0.15, 0.2) is 0 Å². The minimum Gasteiger partial charge on any atom is -0.492 e. The van der Waals surface area contributed by atoms with Gasteiger partial charge in [0, 0.05) is 37.2 Å². The van der Waals surface area contributed by atoms with Crippen LogP contribution in [0, 0.1) is 5.92 Å². The summed E-state index contributed by atoms with van der Waals surface area (Å²) in [7, 11) is 0. The van der Waals surface area contributed by atoms with Gasteiger partial charge in [-0.1, -0.05) is 6.07 Å². The van der Waals surface area contributed by atoms with Crippen molar-refractivity contribution in [1.82, 2.24) is 10.2 Å². The molecule has 3 aliphatic rings. The predicted octanol–water partition coefficient (Wildman–Crippen LogP) is 4.88. The Labute approximate surface area is 194 Å². The third-order valence-corrected chi connectivity index (χ3v) is 7.09. The quantitative estimate of drug-likeness (QED) is 0.610. The summed E-state index contributed by atoms with van der Waals surface area (Å²) in [4.78, 5) is 14.8. The highest BCUT2D eigenvalue weighted by Crippen LogP contribution is 2.39. The van der Waals surface area contributed by atoms with Crippen LogP contribution >= 0.6 is 15.9 Å². The number of carbonyl (C=O) groups is 1. The number of rotatable bonds is 6. The van der Waals surface area contributed by atoms with Crippen LogP contribution in [0.25, 0.3) is 0 Å². The average Bonchev–Trinajstić information content (AvgIpc) is 3.23. The van der Waals surface area contributed by atoms with Crippen molar-refractivity contribution in [3.63, 3.8) is 0 Å². The van der Waals surface area contributed by atoms with Crippen molar-refractivity contribution < 1.29 is 19.0 Å². The van der Waals surface area contributed by atoms with Gasteiger partial charge in [0.25, 0.3) is 0 Å². The smallest absolute Gasteiger partial charge is 0.407 e. The zero-order valence-electron chi connectivity index (χ0n) is 18.9. The van der Waals surface area contributed by atoms with E-state index in [0.29, 0.717) is 24.6 Å². The second-order valence-electron chi connectivity index (χ2n) is 10.1. The molecule has 6 nitrogen and oxygen atoms in total. The van der Waals surface area contributed by atoms with Crippen LogP contribution in [0.5, 0.6) is 5.75 Å². The number of nitrogens with one attached hydrogen (secondary N) is 1. The van der Waals surface area contributed by atoms with E-state index >= 15 is 0 Å². The Morgan fingerprint density at radius 2 is 2.13 bits per heavy atom. The van der Waals surface area contributed by atoms with Crippen molar-refractivity contribution in [3.8, 4) is 5.75 Å². The molecule has 0 unspecified atom stereocenters. The van der Waals surface area contributed by atoms with Gasteiger partial charge >= 0.3 is 6.09 Å². The molecule has 3 aliphatic heterocycles. The van der Waals surface area contributed by atoms with Crippen molar-refractivity contribution in [3.05, 3.63) is 28.2 Å². The van der Waals surface area contributed by atoms with Crippen molar-refractivity contribution in [2.24, 2.45) is 5.92 Å². The fraction of sp³-hybridized carbons (Fsp3) is 0.708. The summed E-state index contributed by atoms with van der Waals surface area (Å²) < 4.78 is 18.1. The highest BCUT2D eigenvalue weighted by molar-refractivity contribution is 9.10. The normalized spacial score (nSPS) is 28.5. The van der Waals surface area contributed by atoms with Crippen molar-refractivity contribution in [2.45, 2.75) is 83.1 Å². The Morgan fingerprint density at radius 3 is 2.84 bits per heavy atom. The van der Waals surface area contributed by atoms with Gasteiger partial charge in [-0.25, -0.2) is 4.79 Å². The SMILES string of the molecule is CC(C)(C)OC(=O)N[C@H]1C[C@H]2CC[C@@H]1N2Cc1ccc(OC[C@@H]2CCCOC2)c(Br)c1. The van der Waals surface area contributed by atoms with Gasteiger partial charge in [0.05, 0.1) is 17.7 Å². The van der Waals surface area contributed by atoms with Crippen LogP contribution in [0.3, 0.4) is 0 Å². The molecule has 31 heavy (non-hydrogen) atoms. The minimum atomic E-state index is -0.471. The van der Waals surface area contributed by atoms with E-state index in [1.165, 1.54) is 18.4 Å². The molecule has 3 heterocycles. The lowest BCUT2D eigenvalue weighted by molar-refractivity contribution is 0.0350. The van der Waals surface area contributed by atoms with Crippen LogP contribution in [0.1, 0.15) is 58.4 Å². The van der Waals surface area contributed by atoms with Crippen LogP contribution in [0.4, 0.5) is 4.79 Å². The van der Waals surface area contributed by atoms with E-state index in [-0.39, 0.29) is 12.1 Å². The number of alkyl carbamates (subject to hydrolysis) is 1. The first-order valence-electron chi connectivity index (χ1n) is 11.5. The Balaban J connectivity index is 1.31. The van der Waals surface area contributed by atoms with Crippen LogP contribution in [-0.4, -0.2) is 54.5 Å². The molecule has 1 aromatic rings. The van der Waals surface area contributed by atoms with Gasteiger partial charge in [-0.3, -0.25) is 4.90 Å². The fourth-order valence-corrected chi connectivity index (χ4v) is 5.62. The largest absolute Gasteiger partial charge is 0.492 e. The first-order valence-corrected chi connectivity index (χ1v) is 12.3. The second-order valence-corrected chi connectivity index (χ2v) is 11.0. The van der Waals surface area contributed by atoms with E-state index in [4.69, 9.17) is 14.2 Å². The van der Waals surface area contributed by atoms with E-state index < -0.39 is 5.60 Å². The second kappa shape index (κ2) is 9.67. The van der Waals surface area contributed by atoms with Crippen molar-refractivity contribution in [2.75, 3.05) is 19.8 Å². The summed E-state index contributed by atoms with van der Waals surface area (Å²) in [5.41, 5.74) is 0.789. The predicted molar refractivity (Wildman–Crippen MR) is 123 cm³/mol. The first-order chi connectivity index (χ1) is 14.8. The summed E-state index contributed by atoms with van der Waals surface area (Å²) in [6.45, 7) is 8.95. The lowest BCUT2D eigenvalue weighted by Crippen LogP contribution is -2.45. The first kappa shape index (κ1) is 22.9. The minimum absolute atomic E-state index is 0.164. The highest BCUT2D eigenvalue weighted by atomic mass is 79.9. The van der Waals surface area contributed by atoms with Crippen LogP contribution in [0.2, 0.25) is 0 Å². The number of halogens is 1. The maximum absolute atomic E-state index is 12.2. The number of benzene rings is 1. The third kappa shape index (κ3) is 5.93. The van der Waals surface area contributed by atoms with Crippen LogP contribution in [0.15, 0.2) is 22.7 Å². The number of carbonyl (C=O) groups excluding carboxylic acids is 1. The number of hydrogen-bond donors (Lipinski definition) is 1. The highest BCUT2D eigenvalue weighted by Gasteiger charge is 2.46. The summed E-state index contributed by atoms with van der Waals surface area (Å²) in [6.07, 6.45) is 5.30. The Bertz CT molecular complexity index is 775. The molecule has 1 N–H and O–H groups in total. The molecule has 0 saturated carbocycles. The zero-order valence-corrected chi connectivity index (χ0v) is 20.4. The van der Waals surface area contributed by atoms with Gasteiger partial charge < -0.3 is 19.5 Å². The summed E-state index contributed by atoms with van der Waals surface area (Å²) >= 11 is 3.69. The van der Waals surface area contributed by atoms with E-state index in [1.54, 1.807) is 0 Å². The van der Waals surface area contributed by atoms with E-state index in [2.05, 4.69) is 44.3 Å². The fourth-order valence-electron chi connectivity index (χ4n) is 5.08. The molecule has 4 atom stereocenters. The van der Waals surface area contributed by atoms with Gasteiger partial charge in [-0.05, 0) is 86.5 Å². The average molecular weight is 495 g/mol. The van der Waals surface area contributed by atoms with E-state index in [1.807, 2.05) is 20.8 Å². The summed E-state index contributed by atoms with van der Waals surface area (Å²) in [5.74, 6) is 1.37. The molecular formula is C24H35BrN2O4. The zero-order chi connectivity index (χ0) is 22.0. The lowest BCUT2D eigenvalue weighted by atomic mass is 9.96. The molecule has 1 amide bonds. The molecule has 7 heteroatoms. The molecule has 0 spiro atoms. The molecule has 0 aromatic heterocycles. The van der Waals surface area contributed by atoms with E-state index in [0.717, 1.165) is 49.2 Å². The molecule has 2 bridgehead atoms. The van der Waals surface area contributed by atoms with Crippen LogP contribution in [-0.2, 0) is 16.0 Å². The topological polar surface area (TPSA) is 60.0 Å². The Kier molecular flexibility index (Phi) is 7.14. The molecule has 0 aliphatic carbocycles. The number of fused-ring (bicyclic) bond motifs is 2. The molecule has 172 valence electrons. The van der Waals surface area contributed by atoms with Crippen molar-refractivity contribution in [1.29, 1.82) is 0 Å². The standard InChI is InChI=1S/C24H35BrN2O4/c1-24(2,3)31-23(28)26-20-12-18-7-8-21(20)27(18)13-16-6-9-22(19(25)11-16)30-15-17-5-4-10-29-14-17/h6,9,11,17-18,20-21H,4-5,7-8,10,12-15H2,1-3H3,(H,26,28)/t17-,18-,20+,21+/m1/s1. The summed E-state index contributed by atoms with van der Waals surface area (Å²) in [5, 5.41) is 3.11. The molecule has 3 saturated heterocycles. The molecule has 4 rings (SSSR count). The number of ether oxygens (including phenoxy) is 3. The molecule has 3 fully saturated rings. The maximum Gasteiger partial charge on any atom is 0.407 e. The van der Waals surface area contributed by atoms with Gasteiger partial charge in [0.1, 0.15) is 11.4 Å². The number of hydrogen-bond acceptors (Lipinski definition) is 5. The number of amides is 1. The lowest BCUT2D eigenvalue weighted by Gasteiger charge is -2.27. The van der Waals surface area contributed by atoms with Gasteiger partial charge in [0.2, 0.25) is 0 Å². The Morgan fingerprint density at radius 1 is 1.29 bits per heavy atom. The number of nitrogens with zero attached hydrogens (tertiary/aromatic N) is 1. The maximum atomic E-state index is 12.2. The van der Waals surface area contributed by atoms with Gasteiger partial charge in [-0.15, -0.1) is 0 Å². The Hall–Kier alpha value is -1.31. The summed E-state index contributed by atoms with van der Waals surface area (Å²) in [6, 6.07) is 7.45. The third-order valence-electron chi connectivity index (χ3n) is 6.47. The van der Waals surface area contributed by atoms with Crippen molar-refractivity contribution >= 4 is 22.0 Å².